The Bertz CT molecular complexity index is 396. The fraction of sp³-hybridized carbons (Fsp3) is 0.273. The number of carbonyl (C=O) groups is 1. The van der Waals surface area contributed by atoms with E-state index in [1.54, 1.807) is 0 Å². The Balaban J connectivity index is 2.81. The highest BCUT2D eigenvalue weighted by molar-refractivity contribution is 5.82. The van der Waals surface area contributed by atoms with Gasteiger partial charge in [0, 0.05) is 5.69 Å². The molecule has 1 unspecified atom stereocenters. The number of esters is 1. The monoisotopic (exact) mass is 204 g/mol. The summed E-state index contributed by atoms with van der Waals surface area (Å²) in [5, 5.41) is 11.6. The van der Waals surface area contributed by atoms with Crippen molar-refractivity contribution in [2.45, 2.75) is 13.0 Å². The molecular formula is C11H12N2O2. The van der Waals surface area contributed by atoms with Gasteiger partial charge in [-0.2, -0.15) is 5.26 Å². The molecule has 4 nitrogen and oxygen atoms in total. The number of aryl methyl sites for hydroxylation is 1. The average molecular weight is 204 g/mol. The zero-order valence-corrected chi connectivity index (χ0v) is 8.65. The van der Waals surface area contributed by atoms with Crippen LogP contribution in [0, 0.1) is 18.3 Å². The van der Waals surface area contributed by atoms with Gasteiger partial charge in [0.15, 0.2) is 0 Å². The van der Waals surface area contributed by atoms with E-state index in [1.165, 1.54) is 7.11 Å². The summed E-state index contributed by atoms with van der Waals surface area (Å²) >= 11 is 0. The topological polar surface area (TPSA) is 62.1 Å². The van der Waals surface area contributed by atoms with Crippen LogP contribution in [0.5, 0.6) is 0 Å². The van der Waals surface area contributed by atoms with E-state index in [2.05, 4.69) is 10.1 Å². The van der Waals surface area contributed by atoms with Gasteiger partial charge >= 0.3 is 5.97 Å². The Kier molecular flexibility index (Phi) is 3.69. The summed E-state index contributed by atoms with van der Waals surface area (Å²) in [6, 6.07) is 8.31. The molecular weight excluding hydrogens is 192 g/mol. The number of methoxy groups -OCH3 is 1. The van der Waals surface area contributed by atoms with Crippen molar-refractivity contribution >= 4 is 11.7 Å². The fourth-order valence-corrected chi connectivity index (χ4v) is 1.15. The van der Waals surface area contributed by atoms with Crippen LogP contribution in [-0.2, 0) is 9.53 Å². The molecule has 0 bridgehead atoms. The number of ether oxygens (including phenoxy) is 1. The Morgan fingerprint density at radius 2 is 2.20 bits per heavy atom. The number of hydrogen-bond acceptors (Lipinski definition) is 4. The molecule has 0 amide bonds. The predicted molar refractivity (Wildman–Crippen MR) is 56.2 cm³/mol. The molecule has 1 atom stereocenters. The largest absolute Gasteiger partial charge is 0.467 e. The number of carbonyl (C=O) groups excluding carboxylic acids is 1. The number of nitrogens with one attached hydrogen (secondary N) is 1. The van der Waals surface area contributed by atoms with Crippen molar-refractivity contribution in [1.29, 1.82) is 5.26 Å². The van der Waals surface area contributed by atoms with Crippen LogP contribution in [-0.4, -0.2) is 19.1 Å². The van der Waals surface area contributed by atoms with Crippen LogP contribution < -0.4 is 5.32 Å². The van der Waals surface area contributed by atoms with Crippen LogP contribution in [0.4, 0.5) is 5.69 Å². The number of nitrogens with zero attached hydrogens (tertiary/aromatic N) is 1. The van der Waals surface area contributed by atoms with Gasteiger partial charge < -0.3 is 10.1 Å². The first-order chi connectivity index (χ1) is 7.19. The Labute approximate surface area is 88.5 Å². The number of anilines is 1. The van der Waals surface area contributed by atoms with Gasteiger partial charge in [-0.15, -0.1) is 0 Å². The molecule has 0 aromatic heterocycles. The average Bonchev–Trinajstić information content (AvgIpc) is 2.27. The van der Waals surface area contributed by atoms with Crippen LogP contribution in [0.15, 0.2) is 24.3 Å². The summed E-state index contributed by atoms with van der Waals surface area (Å²) in [7, 11) is 1.26. The van der Waals surface area contributed by atoms with Gasteiger partial charge in [0.2, 0.25) is 6.04 Å². The van der Waals surface area contributed by atoms with E-state index in [0.29, 0.717) is 0 Å². The molecule has 1 aromatic rings. The second-order valence-electron chi connectivity index (χ2n) is 3.04. The smallest absolute Gasteiger partial charge is 0.343 e. The third-order valence-corrected chi connectivity index (χ3v) is 2.01. The summed E-state index contributed by atoms with van der Waals surface area (Å²) in [5.41, 5.74) is 1.73. The van der Waals surface area contributed by atoms with Crippen molar-refractivity contribution < 1.29 is 9.53 Å². The van der Waals surface area contributed by atoms with Gasteiger partial charge in [-0.25, -0.2) is 4.79 Å². The van der Waals surface area contributed by atoms with Crippen molar-refractivity contribution in [2.75, 3.05) is 12.4 Å². The maximum absolute atomic E-state index is 11.2. The van der Waals surface area contributed by atoms with E-state index in [4.69, 9.17) is 5.26 Å². The first-order valence-corrected chi connectivity index (χ1v) is 4.48. The normalized spacial score (nSPS) is 11.3. The highest BCUT2D eigenvalue weighted by Gasteiger charge is 2.18. The fourth-order valence-electron chi connectivity index (χ4n) is 1.15. The Hall–Kier alpha value is -2.02. The molecule has 15 heavy (non-hydrogen) atoms. The van der Waals surface area contributed by atoms with Gasteiger partial charge in [-0.1, -0.05) is 18.2 Å². The third kappa shape index (κ3) is 2.71. The molecule has 1 aromatic carbocycles. The molecule has 1 N–H and O–H groups in total. The van der Waals surface area contributed by atoms with Gasteiger partial charge in [-0.05, 0) is 18.6 Å². The second-order valence-corrected chi connectivity index (χ2v) is 3.04. The van der Waals surface area contributed by atoms with Crippen molar-refractivity contribution in [3.8, 4) is 6.07 Å². The van der Waals surface area contributed by atoms with Crippen molar-refractivity contribution in [1.82, 2.24) is 0 Å². The molecule has 0 radical (unpaired) electrons. The summed E-state index contributed by atoms with van der Waals surface area (Å²) in [6.07, 6.45) is 0. The summed E-state index contributed by atoms with van der Waals surface area (Å²) in [6.45, 7) is 1.90. The molecule has 0 saturated heterocycles. The van der Waals surface area contributed by atoms with Crippen LogP contribution >= 0.6 is 0 Å². The first kappa shape index (κ1) is 11.1. The minimum atomic E-state index is -0.962. The molecule has 78 valence electrons. The van der Waals surface area contributed by atoms with Crippen LogP contribution in [0.2, 0.25) is 0 Å². The molecule has 0 fully saturated rings. The highest BCUT2D eigenvalue weighted by Crippen LogP contribution is 2.14. The van der Waals surface area contributed by atoms with Crippen LogP contribution in [0.3, 0.4) is 0 Å². The number of hydrogen-bond donors (Lipinski definition) is 1. The molecule has 1 rings (SSSR count). The minimum Gasteiger partial charge on any atom is -0.467 e. The third-order valence-electron chi connectivity index (χ3n) is 2.01. The molecule has 0 saturated carbocycles. The van der Waals surface area contributed by atoms with Crippen LogP contribution in [0.25, 0.3) is 0 Å². The zero-order chi connectivity index (χ0) is 11.3. The van der Waals surface area contributed by atoms with Gasteiger partial charge in [-0.3, -0.25) is 0 Å². The van der Waals surface area contributed by atoms with Gasteiger partial charge in [0.05, 0.1) is 13.2 Å². The number of rotatable bonds is 3. The minimum absolute atomic E-state index is 0.583. The first-order valence-electron chi connectivity index (χ1n) is 4.48. The number of nitriles is 1. The maximum Gasteiger partial charge on any atom is 0.343 e. The van der Waals surface area contributed by atoms with E-state index >= 15 is 0 Å². The molecule has 0 aliphatic rings. The Morgan fingerprint density at radius 1 is 1.53 bits per heavy atom. The lowest BCUT2D eigenvalue weighted by molar-refractivity contribution is -0.140. The van der Waals surface area contributed by atoms with Gasteiger partial charge in [0.1, 0.15) is 0 Å². The lowest BCUT2D eigenvalue weighted by Crippen LogP contribution is -2.29. The molecule has 0 aliphatic carbocycles. The Morgan fingerprint density at radius 3 is 2.73 bits per heavy atom. The van der Waals surface area contributed by atoms with E-state index in [-0.39, 0.29) is 0 Å². The van der Waals surface area contributed by atoms with E-state index in [0.717, 1.165) is 11.3 Å². The standard InChI is InChI=1S/C11H12N2O2/c1-8-5-3-4-6-9(8)13-10(7-12)11(14)15-2/h3-6,10,13H,1-2H3. The molecule has 0 aliphatic heterocycles. The lowest BCUT2D eigenvalue weighted by Gasteiger charge is -2.12. The summed E-state index contributed by atoms with van der Waals surface area (Å²) in [4.78, 5) is 11.2. The molecule has 4 heteroatoms. The number of para-hydroxylation sites is 1. The quantitative estimate of drug-likeness (QED) is 0.757. The zero-order valence-electron chi connectivity index (χ0n) is 8.65. The van der Waals surface area contributed by atoms with Gasteiger partial charge in [0.25, 0.3) is 0 Å². The van der Waals surface area contributed by atoms with E-state index < -0.39 is 12.0 Å². The van der Waals surface area contributed by atoms with E-state index in [1.807, 2.05) is 37.3 Å². The van der Waals surface area contributed by atoms with Crippen LogP contribution in [0.1, 0.15) is 5.56 Å². The lowest BCUT2D eigenvalue weighted by atomic mass is 10.2. The molecule has 0 heterocycles. The second kappa shape index (κ2) is 5.01. The van der Waals surface area contributed by atoms with Crippen molar-refractivity contribution in [3.63, 3.8) is 0 Å². The van der Waals surface area contributed by atoms with E-state index in [9.17, 15) is 4.79 Å². The maximum atomic E-state index is 11.2. The number of benzene rings is 1. The van der Waals surface area contributed by atoms with Crippen molar-refractivity contribution in [2.24, 2.45) is 0 Å². The molecule has 0 spiro atoms. The predicted octanol–water partition coefficient (Wildman–Crippen LogP) is 1.47. The SMILES string of the molecule is COC(=O)C(C#N)Nc1ccccc1C. The summed E-state index contributed by atoms with van der Waals surface area (Å²) < 4.78 is 4.49. The van der Waals surface area contributed by atoms with Crippen molar-refractivity contribution in [3.05, 3.63) is 29.8 Å². The highest BCUT2D eigenvalue weighted by atomic mass is 16.5. The summed E-state index contributed by atoms with van der Waals surface area (Å²) in [5.74, 6) is -0.583.